The van der Waals surface area contributed by atoms with Gasteiger partial charge >= 0.3 is 0 Å². The highest BCUT2D eigenvalue weighted by Gasteiger charge is 2.26. The molecule has 0 aliphatic carbocycles. The van der Waals surface area contributed by atoms with E-state index in [1.54, 1.807) is 0 Å². The number of aromatic nitrogens is 2. The molecule has 0 spiro atoms. The summed E-state index contributed by atoms with van der Waals surface area (Å²) in [5.74, 6) is 1.25. The van der Waals surface area contributed by atoms with Crippen LogP contribution < -0.4 is 0 Å². The average molecular weight is 353 g/mol. The van der Waals surface area contributed by atoms with Crippen molar-refractivity contribution in [3.8, 4) is 0 Å². The van der Waals surface area contributed by atoms with E-state index in [9.17, 15) is 4.79 Å². The molecular weight excluding hydrogens is 326 g/mol. The van der Waals surface area contributed by atoms with Crippen molar-refractivity contribution in [2.24, 2.45) is 0 Å². The van der Waals surface area contributed by atoms with Gasteiger partial charge in [0.15, 0.2) is 0 Å². The summed E-state index contributed by atoms with van der Waals surface area (Å²) in [6, 6.07) is 10.1. The van der Waals surface area contributed by atoms with E-state index in [1.165, 1.54) is 0 Å². The van der Waals surface area contributed by atoms with Gasteiger partial charge in [0.2, 0.25) is 5.91 Å². The van der Waals surface area contributed by atoms with Crippen LogP contribution in [0.2, 0.25) is 0 Å². The molecule has 138 valence electrons. The second kappa shape index (κ2) is 8.90. The second-order valence-corrected chi connectivity index (χ2v) is 6.84. The number of aryl methyl sites for hydroxylation is 1. The molecule has 1 aliphatic heterocycles. The summed E-state index contributed by atoms with van der Waals surface area (Å²) in [7, 11) is 0. The molecule has 1 atom stereocenters. The third-order valence-electron chi connectivity index (χ3n) is 4.85. The topological polar surface area (TPSA) is 55.3 Å². The number of hydrogen-bond acceptors (Lipinski definition) is 4. The van der Waals surface area contributed by atoms with E-state index in [4.69, 9.17) is 9.72 Å². The van der Waals surface area contributed by atoms with E-state index < -0.39 is 0 Å². The Bertz CT molecular complexity index is 733. The molecule has 3 rings (SSSR count). The van der Waals surface area contributed by atoms with Crippen molar-refractivity contribution in [3.63, 3.8) is 0 Å². The Kier molecular flexibility index (Phi) is 6.34. The summed E-state index contributed by atoms with van der Waals surface area (Å²) in [6.07, 6.45) is 4.51. The summed E-state index contributed by atoms with van der Waals surface area (Å²) in [5, 5.41) is 0. The maximum absolute atomic E-state index is 12.1. The maximum Gasteiger partial charge on any atom is 0.222 e. The van der Waals surface area contributed by atoms with Gasteiger partial charge in [-0.05, 0) is 25.3 Å². The average Bonchev–Trinajstić information content (AvgIpc) is 2.69. The van der Waals surface area contributed by atoms with Crippen molar-refractivity contribution in [2.45, 2.75) is 52.2 Å². The molecule has 5 nitrogen and oxygen atoms in total. The first-order valence-electron chi connectivity index (χ1n) is 9.39. The Hall–Kier alpha value is -2.27. The lowest BCUT2D eigenvalue weighted by Gasteiger charge is -2.33. The number of nitrogens with zero attached hydrogens (tertiary/aromatic N) is 3. The van der Waals surface area contributed by atoms with Crippen molar-refractivity contribution in [2.75, 3.05) is 13.1 Å². The Labute approximate surface area is 155 Å². The number of rotatable bonds is 6. The van der Waals surface area contributed by atoms with Gasteiger partial charge in [-0.25, -0.2) is 9.97 Å². The van der Waals surface area contributed by atoms with E-state index in [-0.39, 0.29) is 11.8 Å². The van der Waals surface area contributed by atoms with Crippen LogP contribution in [0.25, 0.3) is 0 Å². The van der Waals surface area contributed by atoms with E-state index in [0.29, 0.717) is 19.6 Å². The molecular formula is C21H27N3O2. The number of amides is 1. The highest BCUT2D eigenvalue weighted by Crippen LogP contribution is 2.28. The Morgan fingerprint density at radius 2 is 2.08 bits per heavy atom. The zero-order valence-corrected chi connectivity index (χ0v) is 15.6. The van der Waals surface area contributed by atoms with Gasteiger partial charge in [-0.3, -0.25) is 4.79 Å². The number of hydrogen-bond donors (Lipinski definition) is 0. The fourth-order valence-corrected chi connectivity index (χ4v) is 3.48. The van der Waals surface area contributed by atoms with Crippen LogP contribution in [0, 0.1) is 6.92 Å². The van der Waals surface area contributed by atoms with Crippen molar-refractivity contribution >= 4 is 5.91 Å². The van der Waals surface area contributed by atoms with Gasteiger partial charge in [0.25, 0.3) is 0 Å². The minimum absolute atomic E-state index is 0.224. The molecule has 0 radical (unpaired) electrons. The molecule has 2 heterocycles. The fourth-order valence-electron chi connectivity index (χ4n) is 3.48. The number of piperidine rings is 1. The van der Waals surface area contributed by atoms with Gasteiger partial charge in [-0.1, -0.05) is 37.3 Å². The van der Waals surface area contributed by atoms with Crippen LogP contribution in [-0.2, 0) is 22.7 Å². The number of carbonyl (C=O) groups is 1. The maximum atomic E-state index is 12.1. The molecule has 0 saturated carbocycles. The summed E-state index contributed by atoms with van der Waals surface area (Å²) >= 11 is 0. The zero-order valence-electron chi connectivity index (χ0n) is 15.6. The fraction of sp³-hybridized carbons (Fsp3) is 0.476. The first-order valence-corrected chi connectivity index (χ1v) is 9.39. The van der Waals surface area contributed by atoms with Gasteiger partial charge in [0.05, 0.1) is 18.9 Å². The van der Waals surface area contributed by atoms with Crippen LogP contribution in [0.1, 0.15) is 54.7 Å². The normalized spacial score (nSPS) is 17.3. The first-order chi connectivity index (χ1) is 12.7. The largest absolute Gasteiger partial charge is 0.372 e. The third kappa shape index (κ3) is 4.67. The molecule has 0 N–H and O–H groups in total. The molecule has 2 aromatic rings. The Balaban J connectivity index is 1.70. The van der Waals surface area contributed by atoms with Crippen molar-refractivity contribution in [1.82, 2.24) is 14.9 Å². The smallest absolute Gasteiger partial charge is 0.222 e. The van der Waals surface area contributed by atoms with Crippen molar-refractivity contribution < 1.29 is 9.53 Å². The third-order valence-corrected chi connectivity index (χ3v) is 4.85. The van der Waals surface area contributed by atoms with Crippen LogP contribution in [0.15, 0.2) is 36.5 Å². The van der Waals surface area contributed by atoms with Gasteiger partial charge in [-0.15, -0.1) is 0 Å². The minimum Gasteiger partial charge on any atom is -0.372 e. The molecule has 1 aromatic heterocycles. The number of ether oxygens (including phenoxy) is 1. The number of likely N-dealkylation sites (tertiary alicyclic amines) is 1. The lowest BCUT2D eigenvalue weighted by molar-refractivity contribution is -0.132. The number of carbonyl (C=O) groups excluding carboxylic acids is 1. The van der Waals surface area contributed by atoms with E-state index in [2.05, 4.69) is 17.1 Å². The summed E-state index contributed by atoms with van der Waals surface area (Å²) in [6.45, 7) is 6.49. The lowest BCUT2D eigenvalue weighted by Crippen LogP contribution is -2.39. The van der Waals surface area contributed by atoms with Crippen LogP contribution in [0.4, 0.5) is 0 Å². The summed E-state index contributed by atoms with van der Waals surface area (Å²) in [4.78, 5) is 23.1. The molecule has 1 aliphatic rings. The predicted octanol–water partition coefficient (Wildman–Crippen LogP) is 3.62. The Morgan fingerprint density at radius 3 is 2.85 bits per heavy atom. The standard InChI is InChI=1S/C21H27N3O2/c1-3-20(25)24-11-7-10-18(13-24)21-19(12-22-16(2)23-21)15-26-14-17-8-5-4-6-9-17/h4-6,8-9,12,18H,3,7,10-11,13-15H2,1-2H3. The minimum atomic E-state index is 0.224. The zero-order chi connectivity index (χ0) is 18.4. The van der Waals surface area contributed by atoms with Crippen molar-refractivity contribution in [1.29, 1.82) is 0 Å². The summed E-state index contributed by atoms with van der Waals surface area (Å²) < 4.78 is 5.91. The summed E-state index contributed by atoms with van der Waals surface area (Å²) in [5.41, 5.74) is 3.22. The molecule has 1 unspecified atom stereocenters. The highest BCUT2D eigenvalue weighted by molar-refractivity contribution is 5.76. The van der Waals surface area contributed by atoms with E-state index in [1.807, 2.05) is 43.1 Å². The quantitative estimate of drug-likeness (QED) is 0.796. The SMILES string of the molecule is CCC(=O)N1CCCC(c2nc(C)ncc2COCc2ccccc2)C1. The predicted molar refractivity (Wildman–Crippen MR) is 101 cm³/mol. The van der Waals surface area contributed by atoms with Gasteiger partial charge in [0, 0.05) is 37.2 Å². The van der Waals surface area contributed by atoms with E-state index >= 15 is 0 Å². The lowest BCUT2D eigenvalue weighted by atomic mass is 9.92. The van der Waals surface area contributed by atoms with Crippen LogP contribution in [0.5, 0.6) is 0 Å². The van der Waals surface area contributed by atoms with Gasteiger partial charge in [0.1, 0.15) is 5.82 Å². The van der Waals surface area contributed by atoms with Gasteiger partial charge in [-0.2, -0.15) is 0 Å². The molecule has 1 saturated heterocycles. The first kappa shape index (κ1) is 18.5. The van der Waals surface area contributed by atoms with Gasteiger partial charge < -0.3 is 9.64 Å². The molecule has 1 fully saturated rings. The molecule has 1 amide bonds. The monoisotopic (exact) mass is 353 g/mol. The molecule has 5 heteroatoms. The molecule has 1 aromatic carbocycles. The van der Waals surface area contributed by atoms with E-state index in [0.717, 1.165) is 48.6 Å². The number of benzene rings is 1. The second-order valence-electron chi connectivity index (χ2n) is 6.84. The molecule has 0 bridgehead atoms. The Morgan fingerprint density at radius 1 is 1.27 bits per heavy atom. The van der Waals surface area contributed by atoms with Crippen LogP contribution in [0.3, 0.4) is 0 Å². The van der Waals surface area contributed by atoms with Crippen LogP contribution in [-0.4, -0.2) is 33.9 Å². The molecule has 26 heavy (non-hydrogen) atoms. The van der Waals surface area contributed by atoms with Crippen LogP contribution >= 0.6 is 0 Å². The van der Waals surface area contributed by atoms with Crippen molar-refractivity contribution in [3.05, 3.63) is 59.2 Å². The highest BCUT2D eigenvalue weighted by atomic mass is 16.5.